The summed E-state index contributed by atoms with van der Waals surface area (Å²) in [6, 6.07) is 3.66. The number of thiophene rings is 1. The minimum Gasteiger partial charge on any atom is -0.396 e. The van der Waals surface area contributed by atoms with E-state index in [0.717, 1.165) is 4.88 Å². The fourth-order valence-electron chi connectivity index (χ4n) is 2.47. The fraction of sp³-hybridized carbons (Fsp3) is 0.417. The van der Waals surface area contributed by atoms with Gasteiger partial charge in [0.15, 0.2) is 9.84 Å². The van der Waals surface area contributed by atoms with E-state index in [4.69, 9.17) is 17.3 Å². The molecule has 0 spiro atoms. The molecule has 1 fully saturated rings. The van der Waals surface area contributed by atoms with Crippen molar-refractivity contribution in [2.45, 2.75) is 18.9 Å². The molecule has 1 saturated heterocycles. The predicted octanol–water partition coefficient (Wildman–Crippen LogP) is 2.38. The van der Waals surface area contributed by atoms with Gasteiger partial charge in [-0.25, -0.2) is 8.42 Å². The van der Waals surface area contributed by atoms with Crippen molar-refractivity contribution < 1.29 is 8.42 Å². The van der Waals surface area contributed by atoms with Gasteiger partial charge in [-0.3, -0.25) is 4.68 Å². The zero-order chi connectivity index (χ0) is 14.5. The first-order valence-corrected chi connectivity index (χ1v) is 9.12. The van der Waals surface area contributed by atoms with E-state index >= 15 is 0 Å². The summed E-state index contributed by atoms with van der Waals surface area (Å²) in [5.41, 5.74) is 6.68. The van der Waals surface area contributed by atoms with E-state index < -0.39 is 15.4 Å². The zero-order valence-electron chi connectivity index (χ0n) is 10.8. The van der Waals surface area contributed by atoms with Gasteiger partial charge < -0.3 is 5.73 Å². The van der Waals surface area contributed by atoms with Crippen molar-refractivity contribution in [2.24, 2.45) is 0 Å². The lowest BCUT2D eigenvalue weighted by molar-refractivity contribution is 0.329. The standard InChI is InChI=1S/C12H14ClN3O2S2/c1-12(4-5-20(17,18)7-12)16-6-8(14)11(15-16)9-2-3-10(13)19-9/h2-3,6H,4-5,7,14H2,1H3. The normalized spacial score (nSPS) is 25.1. The van der Waals surface area contributed by atoms with E-state index in [1.54, 1.807) is 16.9 Å². The summed E-state index contributed by atoms with van der Waals surface area (Å²) in [5, 5.41) is 4.49. The highest BCUT2D eigenvalue weighted by molar-refractivity contribution is 7.91. The highest BCUT2D eigenvalue weighted by Crippen LogP contribution is 2.36. The number of hydrogen-bond acceptors (Lipinski definition) is 5. The largest absolute Gasteiger partial charge is 0.396 e. The van der Waals surface area contributed by atoms with Crippen LogP contribution in [0.15, 0.2) is 18.3 Å². The van der Waals surface area contributed by atoms with Crippen LogP contribution in [0.3, 0.4) is 0 Å². The highest BCUT2D eigenvalue weighted by Gasteiger charge is 2.41. The number of hydrogen-bond donors (Lipinski definition) is 1. The van der Waals surface area contributed by atoms with Gasteiger partial charge in [0, 0.05) is 6.20 Å². The first-order chi connectivity index (χ1) is 9.29. The van der Waals surface area contributed by atoms with E-state index in [1.807, 2.05) is 13.0 Å². The van der Waals surface area contributed by atoms with Crippen LogP contribution in [0.2, 0.25) is 4.34 Å². The van der Waals surface area contributed by atoms with Crippen LogP contribution >= 0.6 is 22.9 Å². The second kappa shape index (κ2) is 4.47. The van der Waals surface area contributed by atoms with Crippen molar-refractivity contribution in [3.63, 3.8) is 0 Å². The van der Waals surface area contributed by atoms with Gasteiger partial charge in [-0.15, -0.1) is 11.3 Å². The third-order valence-electron chi connectivity index (χ3n) is 3.58. The van der Waals surface area contributed by atoms with E-state index in [2.05, 4.69) is 5.10 Å². The average molecular weight is 332 g/mol. The van der Waals surface area contributed by atoms with Crippen molar-refractivity contribution in [1.82, 2.24) is 9.78 Å². The summed E-state index contributed by atoms with van der Waals surface area (Å²) in [6.45, 7) is 1.90. The predicted molar refractivity (Wildman–Crippen MR) is 81.9 cm³/mol. The van der Waals surface area contributed by atoms with Gasteiger partial charge in [0.25, 0.3) is 0 Å². The first kappa shape index (κ1) is 13.9. The van der Waals surface area contributed by atoms with Crippen LogP contribution in [0.1, 0.15) is 13.3 Å². The number of sulfone groups is 1. The maximum absolute atomic E-state index is 11.7. The Kier molecular flexibility index (Phi) is 3.11. The fourth-order valence-corrected chi connectivity index (χ4v) is 5.64. The number of nitrogen functional groups attached to an aromatic ring is 1. The number of nitrogens with two attached hydrogens (primary N) is 1. The smallest absolute Gasteiger partial charge is 0.152 e. The van der Waals surface area contributed by atoms with E-state index in [9.17, 15) is 8.42 Å². The van der Waals surface area contributed by atoms with Gasteiger partial charge >= 0.3 is 0 Å². The molecule has 2 aromatic heterocycles. The van der Waals surface area contributed by atoms with Crippen LogP contribution in [-0.2, 0) is 15.4 Å². The Labute approximate surface area is 126 Å². The van der Waals surface area contributed by atoms with Crippen LogP contribution in [0.5, 0.6) is 0 Å². The summed E-state index contributed by atoms with van der Waals surface area (Å²) in [5.74, 6) is 0.301. The molecule has 0 aliphatic carbocycles. The van der Waals surface area contributed by atoms with E-state index in [-0.39, 0.29) is 11.5 Å². The molecule has 0 saturated carbocycles. The van der Waals surface area contributed by atoms with Crippen molar-refractivity contribution in [1.29, 1.82) is 0 Å². The molecule has 0 amide bonds. The summed E-state index contributed by atoms with van der Waals surface area (Å²) in [6.07, 6.45) is 2.27. The molecule has 5 nitrogen and oxygen atoms in total. The quantitative estimate of drug-likeness (QED) is 0.916. The molecule has 0 aromatic carbocycles. The molecule has 1 unspecified atom stereocenters. The van der Waals surface area contributed by atoms with Crippen molar-refractivity contribution in [3.8, 4) is 10.6 Å². The Morgan fingerprint density at radius 1 is 1.50 bits per heavy atom. The Balaban J connectivity index is 2.01. The molecule has 1 aliphatic heterocycles. The number of nitrogens with zero attached hydrogens (tertiary/aromatic N) is 2. The van der Waals surface area contributed by atoms with Crippen LogP contribution in [0.4, 0.5) is 5.69 Å². The average Bonchev–Trinajstić information content (AvgIpc) is 2.99. The summed E-state index contributed by atoms with van der Waals surface area (Å²) < 4.78 is 25.8. The lowest BCUT2D eigenvalue weighted by Gasteiger charge is -2.22. The molecule has 3 heterocycles. The Morgan fingerprint density at radius 3 is 2.80 bits per heavy atom. The minimum atomic E-state index is -2.99. The number of rotatable bonds is 2. The second-order valence-corrected chi connectivity index (χ2v) is 9.22. The van der Waals surface area contributed by atoms with Crippen LogP contribution < -0.4 is 5.73 Å². The molecular weight excluding hydrogens is 318 g/mol. The molecule has 3 rings (SSSR count). The number of halogens is 1. The minimum absolute atomic E-state index is 0.103. The van der Waals surface area contributed by atoms with Crippen LogP contribution in [0.25, 0.3) is 10.6 Å². The van der Waals surface area contributed by atoms with Gasteiger partial charge in [-0.1, -0.05) is 11.6 Å². The maximum atomic E-state index is 11.7. The number of aromatic nitrogens is 2. The maximum Gasteiger partial charge on any atom is 0.152 e. The van der Waals surface area contributed by atoms with Crippen molar-refractivity contribution in [3.05, 3.63) is 22.7 Å². The monoisotopic (exact) mass is 331 g/mol. The molecule has 0 bridgehead atoms. The van der Waals surface area contributed by atoms with Gasteiger partial charge in [0.05, 0.1) is 31.9 Å². The van der Waals surface area contributed by atoms with Crippen LogP contribution in [0, 0.1) is 0 Å². The molecule has 2 aromatic rings. The van der Waals surface area contributed by atoms with Crippen molar-refractivity contribution >= 4 is 38.5 Å². The highest BCUT2D eigenvalue weighted by atomic mass is 35.5. The summed E-state index contributed by atoms with van der Waals surface area (Å²) in [7, 11) is -2.99. The van der Waals surface area contributed by atoms with Gasteiger partial charge in [0.1, 0.15) is 5.69 Å². The molecule has 8 heteroatoms. The van der Waals surface area contributed by atoms with Gasteiger partial charge in [-0.05, 0) is 25.5 Å². The molecule has 0 radical (unpaired) electrons. The van der Waals surface area contributed by atoms with Gasteiger partial charge in [-0.2, -0.15) is 5.10 Å². The Hall–Kier alpha value is -1.05. The third-order valence-corrected chi connectivity index (χ3v) is 6.71. The summed E-state index contributed by atoms with van der Waals surface area (Å²) in [4.78, 5) is 0.885. The second-order valence-electron chi connectivity index (χ2n) is 5.32. The lowest BCUT2D eigenvalue weighted by Crippen LogP contribution is -2.31. The molecule has 108 valence electrons. The molecule has 1 aliphatic rings. The lowest BCUT2D eigenvalue weighted by atomic mass is 10.0. The topological polar surface area (TPSA) is 78.0 Å². The zero-order valence-corrected chi connectivity index (χ0v) is 13.2. The summed E-state index contributed by atoms with van der Waals surface area (Å²) >= 11 is 7.33. The molecule has 20 heavy (non-hydrogen) atoms. The third kappa shape index (κ3) is 2.34. The SMILES string of the molecule is CC1(n2cc(N)c(-c3ccc(Cl)s3)n2)CCS(=O)(=O)C1. The Bertz CT molecular complexity index is 766. The van der Waals surface area contributed by atoms with E-state index in [0.29, 0.717) is 22.1 Å². The Morgan fingerprint density at radius 2 is 2.25 bits per heavy atom. The first-order valence-electron chi connectivity index (χ1n) is 6.11. The number of anilines is 1. The van der Waals surface area contributed by atoms with Gasteiger partial charge in [0.2, 0.25) is 0 Å². The van der Waals surface area contributed by atoms with E-state index in [1.165, 1.54) is 11.3 Å². The molecule has 2 N–H and O–H groups in total. The van der Waals surface area contributed by atoms with Crippen molar-refractivity contribution in [2.75, 3.05) is 17.2 Å². The molecule has 1 atom stereocenters. The molecular formula is C12H14ClN3O2S2. The van der Waals surface area contributed by atoms with Crippen LogP contribution in [-0.4, -0.2) is 29.7 Å².